The molecule has 20 heavy (non-hydrogen) atoms. The van der Waals surface area contributed by atoms with Crippen molar-refractivity contribution in [3.63, 3.8) is 0 Å². The van der Waals surface area contributed by atoms with Crippen LogP contribution in [0.1, 0.15) is 37.0 Å². The standard InChI is InChI=1S/C13H23N5O2/c1-5-9-11(14)12(17-16-9)13(20)18(4)7-10(19)15-6-8(2)3/h8H,5-7,14H2,1-4H3,(H,15,19)(H,16,17). The van der Waals surface area contributed by atoms with Gasteiger partial charge in [0.15, 0.2) is 5.69 Å². The Balaban J connectivity index is 2.62. The van der Waals surface area contributed by atoms with Gasteiger partial charge in [0.05, 0.1) is 17.9 Å². The number of aromatic amines is 1. The van der Waals surface area contributed by atoms with Gasteiger partial charge in [-0.1, -0.05) is 20.8 Å². The lowest BCUT2D eigenvalue weighted by Gasteiger charge is -2.16. The molecule has 0 radical (unpaired) electrons. The first-order valence-corrected chi connectivity index (χ1v) is 6.71. The number of carbonyl (C=O) groups is 2. The molecule has 0 fully saturated rings. The molecule has 0 aromatic carbocycles. The molecule has 0 aliphatic carbocycles. The number of nitrogens with one attached hydrogen (secondary N) is 2. The summed E-state index contributed by atoms with van der Waals surface area (Å²) in [4.78, 5) is 25.1. The van der Waals surface area contributed by atoms with Crippen LogP contribution in [0.4, 0.5) is 5.69 Å². The second-order valence-electron chi connectivity index (χ2n) is 5.18. The van der Waals surface area contributed by atoms with Gasteiger partial charge in [0.2, 0.25) is 5.91 Å². The number of hydrogen-bond acceptors (Lipinski definition) is 4. The number of aryl methyl sites for hydroxylation is 1. The zero-order valence-electron chi connectivity index (χ0n) is 12.5. The van der Waals surface area contributed by atoms with E-state index in [1.54, 1.807) is 7.05 Å². The fourth-order valence-corrected chi connectivity index (χ4v) is 1.66. The van der Waals surface area contributed by atoms with Gasteiger partial charge in [0.1, 0.15) is 0 Å². The Bertz CT molecular complexity index is 481. The van der Waals surface area contributed by atoms with Crippen molar-refractivity contribution >= 4 is 17.5 Å². The van der Waals surface area contributed by atoms with Crippen LogP contribution in [0.15, 0.2) is 0 Å². The van der Waals surface area contributed by atoms with Gasteiger partial charge in [-0.25, -0.2) is 0 Å². The first-order chi connectivity index (χ1) is 9.36. The summed E-state index contributed by atoms with van der Waals surface area (Å²) in [5, 5.41) is 9.40. The summed E-state index contributed by atoms with van der Waals surface area (Å²) in [6.45, 7) is 6.50. The summed E-state index contributed by atoms with van der Waals surface area (Å²) in [7, 11) is 1.55. The number of nitrogen functional groups attached to an aromatic ring is 1. The summed E-state index contributed by atoms with van der Waals surface area (Å²) in [5.74, 6) is -0.188. The van der Waals surface area contributed by atoms with Gasteiger partial charge in [-0.2, -0.15) is 5.10 Å². The number of rotatable bonds is 6. The highest BCUT2D eigenvalue weighted by molar-refractivity contribution is 5.99. The van der Waals surface area contributed by atoms with E-state index in [9.17, 15) is 9.59 Å². The second kappa shape index (κ2) is 6.93. The first kappa shape index (κ1) is 16.0. The minimum atomic E-state index is -0.363. The highest BCUT2D eigenvalue weighted by atomic mass is 16.2. The Hall–Kier alpha value is -2.05. The van der Waals surface area contributed by atoms with Crippen molar-refractivity contribution in [3.8, 4) is 0 Å². The van der Waals surface area contributed by atoms with Gasteiger partial charge in [-0.05, 0) is 12.3 Å². The van der Waals surface area contributed by atoms with Crippen LogP contribution in [0.3, 0.4) is 0 Å². The maximum Gasteiger partial charge on any atom is 0.276 e. The third kappa shape index (κ3) is 3.97. The number of likely N-dealkylation sites (N-methyl/N-ethyl adjacent to an activating group) is 1. The van der Waals surface area contributed by atoms with Crippen LogP contribution < -0.4 is 11.1 Å². The summed E-state index contributed by atoms with van der Waals surface area (Å²) in [5.41, 5.74) is 7.09. The van der Waals surface area contributed by atoms with Crippen molar-refractivity contribution in [1.82, 2.24) is 20.4 Å². The van der Waals surface area contributed by atoms with E-state index in [1.807, 2.05) is 20.8 Å². The quantitative estimate of drug-likeness (QED) is 0.702. The molecule has 1 aromatic heterocycles. The number of aromatic nitrogens is 2. The lowest BCUT2D eigenvalue weighted by Crippen LogP contribution is -2.39. The van der Waals surface area contributed by atoms with Crippen molar-refractivity contribution < 1.29 is 9.59 Å². The number of nitrogens with two attached hydrogens (primary N) is 1. The van der Waals surface area contributed by atoms with Crippen LogP contribution in [0.5, 0.6) is 0 Å². The third-order valence-electron chi connectivity index (χ3n) is 2.87. The van der Waals surface area contributed by atoms with E-state index in [0.717, 1.165) is 5.69 Å². The molecule has 0 bridgehead atoms. The summed E-state index contributed by atoms with van der Waals surface area (Å²) in [6, 6.07) is 0. The molecule has 2 amide bonds. The molecular weight excluding hydrogens is 258 g/mol. The normalized spacial score (nSPS) is 10.7. The number of hydrogen-bond donors (Lipinski definition) is 3. The van der Waals surface area contributed by atoms with E-state index in [0.29, 0.717) is 24.6 Å². The molecule has 7 nitrogen and oxygen atoms in total. The Labute approximate surface area is 118 Å². The number of H-pyrrole nitrogens is 1. The van der Waals surface area contributed by atoms with Crippen molar-refractivity contribution in [2.75, 3.05) is 25.9 Å². The van der Waals surface area contributed by atoms with E-state index in [4.69, 9.17) is 5.73 Å². The average Bonchev–Trinajstić information content (AvgIpc) is 2.76. The van der Waals surface area contributed by atoms with Gasteiger partial charge in [-0.15, -0.1) is 0 Å². The molecule has 0 atom stereocenters. The Morgan fingerprint density at radius 1 is 1.45 bits per heavy atom. The minimum absolute atomic E-state index is 0.0146. The molecule has 0 saturated heterocycles. The summed E-state index contributed by atoms with van der Waals surface area (Å²) in [6.07, 6.45) is 0.671. The fraction of sp³-hybridized carbons (Fsp3) is 0.615. The lowest BCUT2D eigenvalue weighted by molar-refractivity contribution is -0.121. The maximum absolute atomic E-state index is 12.2. The molecule has 0 saturated carbocycles. The van der Waals surface area contributed by atoms with Gasteiger partial charge in [0, 0.05) is 13.6 Å². The zero-order chi connectivity index (χ0) is 15.3. The Kier molecular flexibility index (Phi) is 5.54. The highest BCUT2D eigenvalue weighted by Crippen LogP contribution is 2.15. The molecule has 0 aliphatic heterocycles. The van der Waals surface area contributed by atoms with E-state index in [-0.39, 0.29) is 24.1 Å². The smallest absolute Gasteiger partial charge is 0.276 e. The Morgan fingerprint density at radius 2 is 2.10 bits per heavy atom. The van der Waals surface area contributed by atoms with Crippen molar-refractivity contribution in [1.29, 1.82) is 0 Å². The van der Waals surface area contributed by atoms with Crippen molar-refractivity contribution in [3.05, 3.63) is 11.4 Å². The molecule has 112 valence electrons. The van der Waals surface area contributed by atoms with Crippen molar-refractivity contribution in [2.45, 2.75) is 27.2 Å². The lowest BCUT2D eigenvalue weighted by atomic mass is 10.2. The first-order valence-electron chi connectivity index (χ1n) is 6.71. The maximum atomic E-state index is 12.2. The van der Waals surface area contributed by atoms with Gasteiger partial charge < -0.3 is 16.0 Å². The van der Waals surface area contributed by atoms with E-state index in [1.165, 1.54) is 4.90 Å². The highest BCUT2D eigenvalue weighted by Gasteiger charge is 2.21. The second-order valence-corrected chi connectivity index (χ2v) is 5.18. The number of anilines is 1. The van der Waals surface area contributed by atoms with Crippen LogP contribution >= 0.6 is 0 Å². The fourth-order valence-electron chi connectivity index (χ4n) is 1.66. The Morgan fingerprint density at radius 3 is 2.60 bits per heavy atom. The van der Waals surface area contributed by atoms with E-state index >= 15 is 0 Å². The van der Waals surface area contributed by atoms with Crippen LogP contribution in [0.25, 0.3) is 0 Å². The molecule has 0 aliphatic rings. The number of carbonyl (C=O) groups excluding carboxylic acids is 2. The molecule has 1 aromatic rings. The van der Waals surface area contributed by atoms with E-state index in [2.05, 4.69) is 15.5 Å². The molecule has 0 spiro atoms. The predicted molar refractivity (Wildman–Crippen MR) is 77.2 cm³/mol. The minimum Gasteiger partial charge on any atom is -0.395 e. The summed E-state index contributed by atoms with van der Waals surface area (Å²) < 4.78 is 0. The molecule has 1 rings (SSSR count). The van der Waals surface area contributed by atoms with Crippen LogP contribution in [-0.2, 0) is 11.2 Å². The van der Waals surface area contributed by atoms with Crippen LogP contribution in [-0.4, -0.2) is 47.0 Å². The van der Waals surface area contributed by atoms with Gasteiger partial charge in [-0.3, -0.25) is 14.7 Å². The van der Waals surface area contributed by atoms with E-state index < -0.39 is 0 Å². The molecule has 0 unspecified atom stereocenters. The predicted octanol–water partition coefficient (Wildman–Crippen LogP) is 0.399. The molecular formula is C13H23N5O2. The van der Waals surface area contributed by atoms with Crippen LogP contribution in [0, 0.1) is 5.92 Å². The molecule has 4 N–H and O–H groups in total. The average molecular weight is 281 g/mol. The summed E-state index contributed by atoms with van der Waals surface area (Å²) >= 11 is 0. The van der Waals surface area contributed by atoms with Crippen LogP contribution in [0.2, 0.25) is 0 Å². The topological polar surface area (TPSA) is 104 Å². The SMILES string of the molecule is CCc1[nH]nc(C(=O)N(C)CC(=O)NCC(C)C)c1N. The van der Waals surface area contributed by atoms with Crippen molar-refractivity contribution in [2.24, 2.45) is 5.92 Å². The largest absolute Gasteiger partial charge is 0.395 e. The molecule has 7 heteroatoms. The van der Waals surface area contributed by atoms with Gasteiger partial charge >= 0.3 is 0 Å². The van der Waals surface area contributed by atoms with Gasteiger partial charge in [0.25, 0.3) is 5.91 Å². The molecule has 1 heterocycles. The zero-order valence-corrected chi connectivity index (χ0v) is 12.5. The number of nitrogens with zero attached hydrogens (tertiary/aromatic N) is 2. The number of amides is 2. The monoisotopic (exact) mass is 281 g/mol. The third-order valence-corrected chi connectivity index (χ3v) is 2.87.